The van der Waals surface area contributed by atoms with E-state index in [0.29, 0.717) is 17.9 Å². The van der Waals surface area contributed by atoms with Crippen molar-refractivity contribution in [2.75, 3.05) is 0 Å². The summed E-state index contributed by atoms with van der Waals surface area (Å²) in [6, 6.07) is 13.4. The van der Waals surface area contributed by atoms with Crippen molar-refractivity contribution in [3.63, 3.8) is 0 Å². The van der Waals surface area contributed by atoms with Gasteiger partial charge in [-0.3, -0.25) is 11.3 Å². The number of benzene rings is 1. The first-order valence-electron chi connectivity index (χ1n) is 6.90. The van der Waals surface area contributed by atoms with E-state index in [9.17, 15) is 0 Å². The van der Waals surface area contributed by atoms with E-state index in [-0.39, 0.29) is 0 Å². The monoisotopic (exact) mass is 272 g/mol. The molecule has 2 aromatic rings. The molecule has 3 rings (SSSR count). The Labute approximate surface area is 118 Å². The Morgan fingerprint density at radius 1 is 1.26 bits per heavy atom. The average molecular weight is 272 g/mol. The number of hydrogen-bond donors (Lipinski definition) is 2. The van der Waals surface area contributed by atoms with Crippen LogP contribution < -0.4 is 11.3 Å². The fraction of sp³-hybridized carbons (Fsp3) is 0.375. The molecule has 0 saturated heterocycles. The molecule has 1 saturated carbocycles. The van der Waals surface area contributed by atoms with Gasteiger partial charge in [0.1, 0.15) is 0 Å². The SMILES string of the molecule is NNC(CCc1ccsc1)C1CC1c1ccccc1. The normalized spacial score (nSPS) is 23.2. The first-order valence-corrected chi connectivity index (χ1v) is 7.85. The molecule has 1 aliphatic carbocycles. The third-order valence-corrected chi connectivity index (χ3v) is 4.85. The van der Waals surface area contributed by atoms with Crippen LogP contribution in [0.25, 0.3) is 0 Å². The van der Waals surface area contributed by atoms with E-state index < -0.39 is 0 Å². The Balaban J connectivity index is 1.56. The Morgan fingerprint density at radius 3 is 2.79 bits per heavy atom. The molecule has 0 spiro atoms. The van der Waals surface area contributed by atoms with Gasteiger partial charge >= 0.3 is 0 Å². The lowest BCUT2D eigenvalue weighted by Crippen LogP contribution is -2.37. The van der Waals surface area contributed by atoms with E-state index in [0.717, 1.165) is 12.8 Å². The summed E-state index contributed by atoms with van der Waals surface area (Å²) >= 11 is 1.77. The van der Waals surface area contributed by atoms with Gasteiger partial charge in [-0.05, 0) is 59.1 Å². The number of hydrogen-bond acceptors (Lipinski definition) is 3. The molecule has 3 heteroatoms. The Morgan fingerprint density at radius 2 is 2.11 bits per heavy atom. The van der Waals surface area contributed by atoms with Crippen LogP contribution in [0.1, 0.15) is 29.9 Å². The van der Waals surface area contributed by atoms with Crippen LogP contribution in [0.3, 0.4) is 0 Å². The molecule has 3 unspecified atom stereocenters. The minimum Gasteiger partial charge on any atom is -0.271 e. The summed E-state index contributed by atoms with van der Waals surface area (Å²) in [6.07, 6.45) is 3.51. The van der Waals surface area contributed by atoms with Crippen LogP contribution in [0.15, 0.2) is 47.2 Å². The van der Waals surface area contributed by atoms with Crippen molar-refractivity contribution in [2.24, 2.45) is 11.8 Å². The minimum atomic E-state index is 0.435. The van der Waals surface area contributed by atoms with Gasteiger partial charge in [-0.2, -0.15) is 11.3 Å². The Hall–Kier alpha value is -1.16. The maximum Gasteiger partial charge on any atom is 0.0248 e. The van der Waals surface area contributed by atoms with Gasteiger partial charge < -0.3 is 0 Å². The standard InChI is InChI=1S/C16H20N2S/c17-18-16(7-6-12-8-9-19-11-12)15-10-14(15)13-4-2-1-3-5-13/h1-5,8-9,11,14-16,18H,6-7,10,17H2. The molecule has 19 heavy (non-hydrogen) atoms. The van der Waals surface area contributed by atoms with Gasteiger partial charge in [-0.25, -0.2) is 0 Å². The number of nitrogens with two attached hydrogens (primary N) is 1. The quantitative estimate of drug-likeness (QED) is 0.625. The molecule has 3 N–H and O–H groups in total. The lowest BCUT2D eigenvalue weighted by atomic mass is 10.0. The van der Waals surface area contributed by atoms with Gasteiger partial charge in [0.05, 0.1) is 0 Å². The molecule has 3 atom stereocenters. The van der Waals surface area contributed by atoms with Gasteiger partial charge in [0.25, 0.3) is 0 Å². The van der Waals surface area contributed by atoms with E-state index in [1.807, 2.05) is 0 Å². The summed E-state index contributed by atoms with van der Waals surface area (Å²) in [5, 5.41) is 4.37. The number of hydrazine groups is 1. The van der Waals surface area contributed by atoms with Crippen LogP contribution >= 0.6 is 11.3 Å². The summed E-state index contributed by atoms with van der Waals surface area (Å²) < 4.78 is 0. The topological polar surface area (TPSA) is 38.0 Å². The highest BCUT2D eigenvalue weighted by Gasteiger charge is 2.43. The van der Waals surface area contributed by atoms with Crippen LogP contribution in [0, 0.1) is 5.92 Å². The highest BCUT2D eigenvalue weighted by molar-refractivity contribution is 7.07. The van der Waals surface area contributed by atoms with Gasteiger partial charge in [-0.15, -0.1) is 0 Å². The smallest absolute Gasteiger partial charge is 0.0248 e. The summed E-state index contributed by atoms with van der Waals surface area (Å²) in [5.41, 5.74) is 5.92. The van der Waals surface area contributed by atoms with E-state index in [1.54, 1.807) is 11.3 Å². The maximum absolute atomic E-state index is 5.75. The van der Waals surface area contributed by atoms with Crippen LogP contribution in [0.4, 0.5) is 0 Å². The highest BCUT2D eigenvalue weighted by atomic mass is 32.1. The van der Waals surface area contributed by atoms with E-state index >= 15 is 0 Å². The van der Waals surface area contributed by atoms with Crippen molar-refractivity contribution in [1.29, 1.82) is 0 Å². The molecular weight excluding hydrogens is 252 g/mol. The molecule has 100 valence electrons. The summed E-state index contributed by atoms with van der Waals surface area (Å²) in [6.45, 7) is 0. The fourth-order valence-electron chi connectivity index (χ4n) is 2.92. The van der Waals surface area contributed by atoms with Crippen LogP contribution in [-0.2, 0) is 6.42 Å². The van der Waals surface area contributed by atoms with Crippen molar-refractivity contribution in [3.8, 4) is 0 Å². The van der Waals surface area contributed by atoms with E-state index in [4.69, 9.17) is 5.84 Å². The number of thiophene rings is 1. The van der Waals surface area contributed by atoms with Crippen LogP contribution in [-0.4, -0.2) is 6.04 Å². The number of aryl methyl sites for hydroxylation is 1. The van der Waals surface area contributed by atoms with Crippen molar-refractivity contribution in [3.05, 3.63) is 58.3 Å². The summed E-state index contributed by atoms with van der Waals surface area (Å²) in [4.78, 5) is 0. The van der Waals surface area contributed by atoms with E-state index in [2.05, 4.69) is 52.6 Å². The maximum atomic E-state index is 5.75. The molecule has 0 bridgehead atoms. The third-order valence-electron chi connectivity index (χ3n) is 4.12. The third kappa shape index (κ3) is 3.06. The molecule has 0 radical (unpaired) electrons. The molecule has 0 aliphatic heterocycles. The summed E-state index contributed by atoms with van der Waals surface area (Å²) in [7, 11) is 0. The Kier molecular flexibility index (Phi) is 3.97. The molecule has 0 amide bonds. The molecular formula is C16H20N2S. The van der Waals surface area contributed by atoms with Crippen LogP contribution in [0.2, 0.25) is 0 Å². The zero-order valence-electron chi connectivity index (χ0n) is 11.0. The minimum absolute atomic E-state index is 0.435. The second kappa shape index (κ2) is 5.87. The zero-order chi connectivity index (χ0) is 13.1. The highest BCUT2D eigenvalue weighted by Crippen LogP contribution is 2.50. The van der Waals surface area contributed by atoms with Gasteiger partial charge in [-0.1, -0.05) is 30.3 Å². The van der Waals surface area contributed by atoms with Gasteiger partial charge in [0, 0.05) is 6.04 Å². The lowest BCUT2D eigenvalue weighted by molar-refractivity contribution is 0.439. The molecule has 1 heterocycles. The second-order valence-electron chi connectivity index (χ2n) is 5.36. The zero-order valence-corrected chi connectivity index (χ0v) is 11.8. The predicted molar refractivity (Wildman–Crippen MR) is 81.0 cm³/mol. The first-order chi connectivity index (χ1) is 9.38. The molecule has 1 aliphatic rings. The van der Waals surface area contributed by atoms with Crippen molar-refractivity contribution >= 4 is 11.3 Å². The molecule has 2 nitrogen and oxygen atoms in total. The number of nitrogens with one attached hydrogen (secondary N) is 1. The lowest BCUT2D eigenvalue weighted by Gasteiger charge is -2.15. The second-order valence-corrected chi connectivity index (χ2v) is 6.14. The average Bonchev–Trinajstić information content (AvgIpc) is 3.07. The first kappa shape index (κ1) is 12.9. The molecule has 1 aromatic carbocycles. The van der Waals surface area contributed by atoms with Gasteiger partial charge in [0.2, 0.25) is 0 Å². The Bertz CT molecular complexity index is 495. The van der Waals surface area contributed by atoms with Crippen molar-refractivity contribution in [1.82, 2.24) is 5.43 Å². The predicted octanol–water partition coefficient (Wildman–Crippen LogP) is 3.32. The van der Waals surface area contributed by atoms with Crippen LogP contribution in [0.5, 0.6) is 0 Å². The fourth-order valence-corrected chi connectivity index (χ4v) is 3.62. The molecule has 1 aromatic heterocycles. The number of rotatable bonds is 6. The van der Waals surface area contributed by atoms with Gasteiger partial charge in [0.15, 0.2) is 0 Å². The van der Waals surface area contributed by atoms with E-state index in [1.165, 1.54) is 17.5 Å². The largest absolute Gasteiger partial charge is 0.271 e. The molecule has 1 fully saturated rings. The van der Waals surface area contributed by atoms with Crippen molar-refractivity contribution in [2.45, 2.75) is 31.2 Å². The summed E-state index contributed by atoms with van der Waals surface area (Å²) in [5.74, 6) is 7.14. The van der Waals surface area contributed by atoms with Crippen molar-refractivity contribution < 1.29 is 0 Å².